The van der Waals surface area contributed by atoms with E-state index in [1.54, 1.807) is 26.0 Å². The Morgan fingerprint density at radius 3 is 2.54 bits per heavy atom. The number of carbonyl (C=O) groups excluding carboxylic acids is 1. The minimum Gasteiger partial charge on any atom is -0.386 e. The van der Waals surface area contributed by atoms with Crippen molar-refractivity contribution in [3.8, 4) is 0 Å². The smallest absolute Gasteiger partial charge is 0.326 e. The van der Waals surface area contributed by atoms with Gasteiger partial charge in [-0.05, 0) is 79.8 Å². The van der Waals surface area contributed by atoms with E-state index in [1.807, 2.05) is 30.3 Å². The molecule has 7 nitrogen and oxygen atoms in total. The topological polar surface area (TPSA) is 90.0 Å². The van der Waals surface area contributed by atoms with E-state index in [4.69, 9.17) is 11.6 Å². The van der Waals surface area contributed by atoms with Crippen LogP contribution in [-0.2, 0) is 28.6 Å². The number of amides is 2. The zero-order chi connectivity index (χ0) is 25.0. The van der Waals surface area contributed by atoms with Gasteiger partial charge in [-0.15, -0.1) is 0 Å². The Labute approximate surface area is 210 Å². The summed E-state index contributed by atoms with van der Waals surface area (Å²) in [6, 6.07) is 16.9. The monoisotopic (exact) mass is 511 g/mol. The lowest BCUT2D eigenvalue weighted by Gasteiger charge is -2.32. The summed E-state index contributed by atoms with van der Waals surface area (Å²) >= 11 is 6.47. The molecule has 2 amide bonds. The summed E-state index contributed by atoms with van der Waals surface area (Å²) in [5, 5.41) is 13.5. The number of sulfonamides is 1. The molecule has 0 atom stereocenters. The highest BCUT2D eigenvalue weighted by molar-refractivity contribution is 7.92. The summed E-state index contributed by atoms with van der Waals surface area (Å²) in [7, 11) is -3.87. The fraction of sp³-hybridized carbons (Fsp3) is 0.269. The number of halogens is 1. The van der Waals surface area contributed by atoms with Crippen LogP contribution in [0.4, 0.5) is 21.9 Å². The number of aryl methyl sites for hydroxylation is 1. The van der Waals surface area contributed by atoms with E-state index in [2.05, 4.69) is 5.32 Å². The number of hydrogen-bond acceptors (Lipinski definition) is 4. The molecule has 0 saturated heterocycles. The second-order valence-corrected chi connectivity index (χ2v) is 11.6. The first-order valence-corrected chi connectivity index (χ1v) is 13.2. The zero-order valence-corrected chi connectivity index (χ0v) is 21.0. The highest BCUT2D eigenvalue weighted by Gasteiger charge is 2.32. The maximum atomic E-state index is 13.7. The molecular formula is C26H26ClN3O4S. The number of nitrogens with zero attached hydrogens (tertiary/aromatic N) is 2. The number of urea groups is 1. The van der Waals surface area contributed by atoms with Crippen molar-refractivity contribution < 1.29 is 18.3 Å². The number of rotatable bonds is 4. The molecule has 0 saturated carbocycles. The Morgan fingerprint density at radius 2 is 1.77 bits per heavy atom. The first-order valence-electron chi connectivity index (χ1n) is 11.4. The highest BCUT2D eigenvalue weighted by atomic mass is 35.5. The molecule has 3 aromatic carbocycles. The van der Waals surface area contributed by atoms with Crippen molar-refractivity contribution in [1.82, 2.24) is 0 Å². The quantitative estimate of drug-likeness (QED) is 0.500. The van der Waals surface area contributed by atoms with Gasteiger partial charge in [0.2, 0.25) is 0 Å². The van der Waals surface area contributed by atoms with Crippen LogP contribution in [0.5, 0.6) is 0 Å². The molecule has 2 N–H and O–H groups in total. The second-order valence-electron chi connectivity index (χ2n) is 9.37. The number of anilines is 3. The largest absolute Gasteiger partial charge is 0.386 e. The van der Waals surface area contributed by atoms with Crippen LogP contribution in [0, 0.1) is 0 Å². The number of para-hydroxylation sites is 1. The van der Waals surface area contributed by atoms with Gasteiger partial charge in [0.25, 0.3) is 10.0 Å². The molecule has 0 radical (unpaired) electrons. The molecule has 2 heterocycles. The van der Waals surface area contributed by atoms with E-state index in [0.29, 0.717) is 29.2 Å². The molecule has 2 aliphatic heterocycles. The van der Waals surface area contributed by atoms with E-state index in [1.165, 1.54) is 27.4 Å². The van der Waals surface area contributed by atoms with Crippen LogP contribution in [0.3, 0.4) is 0 Å². The predicted molar refractivity (Wildman–Crippen MR) is 138 cm³/mol. The zero-order valence-electron chi connectivity index (χ0n) is 19.5. The Morgan fingerprint density at radius 1 is 1.00 bits per heavy atom. The Hall–Kier alpha value is -3.07. The van der Waals surface area contributed by atoms with Crippen LogP contribution in [0.2, 0.25) is 5.02 Å². The number of aliphatic hydroxyl groups is 1. The van der Waals surface area contributed by atoms with E-state index in [9.17, 15) is 18.3 Å². The molecule has 9 heteroatoms. The van der Waals surface area contributed by atoms with Crippen molar-refractivity contribution in [2.75, 3.05) is 21.1 Å². The SMILES string of the molecule is CC(C)(O)c1ccc2c(c1)CN(c1cc(S(=O)(=O)N3CCCc4ccccc43)ccc1Cl)C(=O)N2. The van der Waals surface area contributed by atoms with Gasteiger partial charge in [-0.2, -0.15) is 0 Å². The van der Waals surface area contributed by atoms with Gasteiger partial charge < -0.3 is 10.4 Å². The molecule has 35 heavy (non-hydrogen) atoms. The average molecular weight is 512 g/mol. The van der Waals surface area contributed by atoms with Crippen molar-refractivity contribution in [3.05, 3.63) is 82.4 Å². The third-order valence-corrected chi connectivity index (χ3v) is 8.62. The molecular weight excluding hydrogens is 486 g/mol. The van der Waals surface area contributed by atoms with Gasteiger partial charge >= 0.3 is 6.03 Å². The highest BCUT2D eigenvalue weighted by Crippen LogP contribution is 2.37. The van der Waals surface area contributed by atoms with E-state index >= 15 is 0 Å². The lowest BCUT2D eigenvalue weighted by molar-refractivity contribution is 0.0785. The van der Waals surface area contributed by atoms with Crippen LogP contribution in [0.15, 0.2) is 65.6 Å². The van der Waals surface area contributed by atoms with Crippen molar-refractivity contribution in [1.29, 1.82) is 0 Å². The molecule has 0 unspecified atom stereocenters. The van der Waals surface area contributed by atoms with Crippen molar-refractivity contribution in [2.45, 2.75) is 43.7 Å². The first-order chi connectivity index (χ1) is 16.6. The molecule has 0 fully saturated rings. The van der Waals surface area contributed by atoms with Gasteiger partial charge in [0, 0.05) is 12.2 Å². The molecule has 0 bridgehead atoms. The van der Waals surface area contributed by atoms with Crippen LogP contribution in [-0.4, -0.2) is 26.1 Å². The van der Waals surface area contributed by atoms with Gasteiger partial charge in [0.1, 0.15) is 0 Å². The number of benzene rings is 3. The van der Waals surface area contributed by atoms with Gasteiger partial charge in [0.15, 0.2) is 0 Å². The fourth-order valence-corrected chi connectivity index (χ4v) is 6.36. The molecule has 5 rings (SSSR count). The van der Waals surface area contributed by atoms with Crippen LogP contribution >= 0.6 is 11.6 Å². The van der Waals surface area contributed by atoms with Gasteiger partial charge in [-0.3, -0.25) is 9.21 Å². The van der Waals surface area contributed by atoms with Crippen LogP contribution in [0.1, 0.15) is 37.0 Å². The number of carbonyl (C=O) groups is 1. The van der Waals surface area contributed by atoms with Crippen molar-refractivity contribution >= 4 is 44.7 Å². The Kier molecular flexibility index (Phi) is 5.78. The Balaban J connectivity index is 1.53. The van der Waals surface area contributed by atoms with Crippen LogP contribution in [0.25, 0.3) is 0 Å². The lowest BCUT2D eigenvalue weighted by Crippen LogP contribution is -2.39. The average Bonchev–Trinajstić information content (AvgIpc) is 2.82. The fourth-order valence-electron chi connectivity index (χ4n) is 4.58. The minimum atomic E-state index is -3.87. The predicted octanol–water partition coefficient (Wildman–Crippen LogP) is 5.26. The van der Waals surface area contributed by atoms with Gasteiger partial charge in [-0.1, -0.05) is 35.9 Å². The summed E-state index contributed by atoms with van der Waals surface area (Å²) < 4.78 is 28.8. The molecule has 2 aliphatic rings. The third-order valence-electron chi connectivity index (χ3n) is 6.49. The standard InChI is InChI=1S/C26H26ClN3O4S/c1-26(2,32)19-9-12-22-18(14-19)16-29(25(31)28-22)24-15-20(10-11-21(24)27)35(33,34)30-13-5-7-17-6-3-4-8-23(17)30/h3-4,6,8-12,14-15,32H,5,7,13,16H2,1-2H3,(H,28,31). The molecule has 0 aliphatic carbocycles. The summed E-state index contributed by atoms with van der Waals surface area (Å²) in [6.07, 6.45) is 1.56. The summed E-state index contributed by atoms with van der Waals surface area (Å²) in [4.78, 5) is 14.5. The van der Waals surface area contributed by atoms with Crippen molar-refractivity contribution in [2.24, 2.45) is 0 Å². The molecule has 3 aromatic rings. The number of nitrogens with one attached hydrogen (secondary N) is 1. The van der Waals surface area contributed by atoms with Crippen LogP contribution < -0.4 is 14.5 Å². The summed E-state index contributed by atoms with van der Waals surface area (Å²) in [5.41, 5.74) is 3.07. The maximum Gasteiger partial charge on any atom is 0.326 e. The lowest BCUT2D eigenvalue weighted by atomic mass is 9.95. The van der Waals surface area contributed by atoms with E-state index in [-0.39, 0.29) is 16.5 Å². The number of hydrogen-bond donors (Lipinski definition) is 2. The third kappa shape index (κ3) is 4.26. The van der Waals surface area contributed by atoms with E-state index in [0.717, 1.165) is 24.0 Å². The molecule has 0 spiro atoms. The van der Waals surface area contributed by atoms with Gasteiger partial charge in [-0.25, -0.2) is 13.2 Å². The van der Waals surface area contributed by atoms with Gasteiger partial charge in [0.05, 0.1) is 33.4 Å². The second kappa shape index (κ2) is 8.55. The molecule has 0 aromatic heterocycles. The van der Waals surface area contributed by atoms with E-state index < -0.39 is 21.7 Å². The normalized spacial score (nSPS) is 15.9. The van der Waals surface area contributed by atoms with Crippen molar-refractivity contribution in [3.63, 3.8) is 0 Å². The minimum absolute atomic E-state index is 0.0671. The summed E-state index contributed by atoms with van der Waals surface area (Å²) in [5.74, 6) is 0. The Bertz CT molecular complexity index is 1430. The first kappa shape index (κ1) is 23.7. The number of fused-ring (bicyclic) bond motifs is 2. The maximum absolute atomic E-state index is 13.7. The molecule has 182 valence electrons. The summed E-state index contributed by atoms with van der Waals surface area (Å²) in [6.45, 7) is 3.95.